The Morgan fingerprint density at radius 2 is 1.80 bits per heavy atom. The average molecular weight is 459 g/mol. The number of hydrogen-bond acceptors (Lipinski definition) is 8. The molecule has 0 spiro atoms. The van der Waals surface area contributed by atoms with Crippen LogP contribution in [-0.4, -0.2) is 48.8 Å². The highest BCUT2D eigenvalue weighted by molar-refractivity contribution is 7.90. The zero-order chi connectivity index (χ0) is 22.8. The summed E-state index contributed by atoms with van der Waals surface area (Å²) in [5.41, 5.74) is 0.551. The fourth-order valence-corrected chi connectivity index (χ4v) is 3.59. The van der Waals surface area contributed by atoms with Gasteiger partial charge >= 0.3 is 6.16 Å². The van der Waals surface area contributed by atoms with Crippen LogP contribution in [0.15, 0.2) is 23.1 Å². The fraction of sp³-hybridized carbons (Fsp3) is 0.421. The van der Waals surface area contributed by atoms with Gasteiger partial charge in [0, 0.05) is 25.8 Å². The van der Waals surface area contributed by atoms with Crippen LogP contribution < -0.4 is 4.74 Å². The molecule has 0 bridgehead atoms. The summed E-state index contributed by atoms with van der Waals surface area (Å²) >= 11 is 6.18. The van der Waals surface area contributed by atoms with Gasteiger partial charge in [-0.3, -0.25) is 4.79 Å². The van der Waals surface area contributed by atoms with Crippen LogP contribution in [0.1, 0.15) is 42.4 Å². The molecular weight excluding hydrogens is 436 g/mol. The largest absolute Gasteiger partial charge is 0.511 e. The number of benzene rings is 1. The summed E-state index contributed by atoms with van der Waals surface area (Å²) in [6.45, 7) is 6.42. The van der Waals surface area contributed by atoms with E-state index in [4.69, 9.17) is 25.8 Å². The van der Waals surface area contributed by atoms with Crippen molar-refractivity contribution in [2.45, 2.75) is 45.0 Å². The first-order valence-corrected chi connectivity index (χ1v) is 11.2. The Labute approximate surface area is 179 Å². The van der Waals surface area contributed by atoms with Gasteiger partial charge in [0.15, 0.2) is 9.84 Å². The van der Waals surface area contributed by atoms with Crippen LogP contribution in [-0.2, 0) is 26.4 Å². The first kappa shape index (κ1) is 23.7. The number of rotatable bonds is 7. The second-order valence-corrected chi connectivity index (χ2v) is 9.27. The number of aryl methyl sites for hydroxylation is 2. The van der Waals surface area contributed by atoms with Gasteiger partial charge in [-0.2, -0.15) is 5.10 Å². The third kappa shape index (κ3) is 5.51. The smallest absolute Gasteiger partial charge is 0.437 e. The molecular formula is C19H23ClN2O7S. The van der Waals surface area contributed by atoms with Gasteiger partial charge in [-0.1, -0.05) is 11.6 Å². The van der Waals surface area contributed by atoms with E-state index < -0.39 is 28.1 Å². The molecule has 0 N–H and O–H groups in total. The highest BCUT2D eigenvalue weighted by atomic mass is 35.5. The molecule has 0 radical (unpaired) electrons. The van der Waals surface area contributed by atoms with Crippen molar-refractivity contribution in [1.29, 1.82) is 0 Å². The van der Waals surface area contributed by atoms with E-state index in [1.54, 1.807) is 27.8 Å². The average Bonchev–Trinajstić information content (AvgIpc) is 2.85. The summed E-state index contributed by atoms with van der Waals surface area (Å²) in [5, 5.41) is 4.16. The van der Waals surface area contributed by atoms with E-state index in [0.29, 0.717) is 5.69 Å². The van der Waals surface area contributed by atoms with Crippen molar-refractivity contribution >= 4 is 33.4 Å². The summed E-state index contributed by atoms with van der Waals surface area (Å²) in [4.78, 5) is 24.8. The molecule has 1 aromatic heterocycles. The summed E-state index contributed by atoms with van der Waals surface area (Å²) < 4.78 is 40.3. The summed E-state index contributed by atoms with van der Waals surface area (Å²) in [5.74, 6) is -0.455. The first-order chi connectivity index (χ1) is 13.8. The fourth-order valence-electron chi connectivity index (χ4n) is 2.62. The van der Waals surface area contributed by atoms with Gasteiger partial charge in [0.05, 0.1) is 21.7 Å². The minimum absolute atomic E-state index is 0.00545. The highest BCUT2D eigenvalue weighted by Crippen LogP contribution is 2.29. The van der Waals surface area contributed by atoms with E-state index >= 15 is 0 Å². The van der Waals surface area contributed by atoms with Crippen LogP contribution in [0.25, 0.3) is 0 Å². The maximum absolute atomic E-state index is 13.1. The van der Waals surface area contributed by atoms with Crippen LogP contribution in [0.2, 0.25) is 5.02 Å². The van der Waals surface area contributed by atoms with Crippen LogP contribution in [0.3, 0.4) is 0 Å². The Balaban J connectivity index is 2.35. The number of sulfone groups is 1. The van der Waals surface area contributed by atoms with Crippen LogP contribution in [0.4, 0.5) is 4.79 Å². The molecule has 0 fully saturated rings. The van der Waals surface area contributed by atoms with E-state index in [9.17, 15) is 18.0 Å². The number of nitrogens with zero attached hydrogens (tertiary/aromatic N) is 2. The molecule has 1 aromatic carbocycles. The standard InChI is InChI=1S/C19H23ClN2O7S/c1-10(2)27-19(24)29-12(4)28-18-16(11(3)21-22(18)5)17(23)14-8-7-13(9-15(14)20)30(6,25)26/h7-10,12H,1-6H3. The predicted octanol–water partition coefficient (Wildman–Crippen LogP) is 3.30. The van der Waals surface area contributed by atoms with E-state index in [0.717, 1.165) is 6.26 Å². The molecule has 11 heteroatoms. The second-order valence-electron chi connectivity index (χ2n) is 6.85. The van der Waals surface area contributed by atoms with Crippen molar-refractivity contribution < 1.29 is 32.2 Å². The molecule has 1 unspecified atom stereocenters. The van der Waals surface area contributed by atoms with Crippen molar-refractivity contribution in [3.8, 4) is 5.88 Å². The van der Waals surface area contributed by atoms with E-state index in [-0.39, 0.29) is 33.0 Å². The van der Waals surface area contributed by atoms with Crippen molar-refractivity contribution in [1.82, 2.24) is 9.78 Å². The Kier molecular flexibility index (Phi) is 7.14. The lowest BCUT2D eigenvalue weighted by atomic mass is 10.0. The highest BCUT2D eigenvalue weighted by Gasteiger charge is 2.27. The van der Waals surface area contributed by atoms with Crippen molar-refractivity contribution in [3.05, 3.63) is 40.0 Å². The normalized spacial score (nSPS) is 12.5. The predicted molar refractivity (Wildman–Crippen MR) is 109 cm³/mol. The zero-order valence-corrected chi connectivity index (χ0v) is 19.0. The lowest BCUT2D eigenvalue weighted by molar-refractivity contribution is -0.0638. The van der Waals surface area contributed by atoms with E-state index in [1.165, 1.54) is 29.8 Å². The topological polar surface area (TPSA) is 114 Å². The van der Waals surface area contributed by atoms with Crippen molar-refractivity contribution in [2.75, 3.05) is 6.26 Å². The molecule has 2 aromatic rings. The van der Waals surface area contributed by atoms with Crippen LogP contribution >= 0.6 is 11.6 Å². The quantitative estimate of drug-likeness (QED) is 0.352. The van der Waals surface area contributed by atoms with Gasteiger partial charge in [0.2, 0.25) is 18.0 Å². The van der Waals surface area contributed by atoms with Gasteiger partial charge in [-0.05, 0) is 39.0 Å². The molecule has 2 rings (SSSR count). The summed E-state index contributed by atoms with van der Waals surface area (Å²) in [6.07, 6.45) is -1.30. The third-order valence-electron chi connectivity index (χ3n) is 3.88. The lowest BCUT2D eigenvalue weighted by Crippen LogP contribution is -2.25. The number of ketones is 1. The first-order valence-electron chi connectivity index (χ1n) is 8.93. The Hall–Kier alpha value is -2.59. The Morgan fingerprint density at radius 3 is 2.33 bits per heavy atom. The number of ether oxygens (including phenoxy) is 3. The Bertz CT molecular complexity index is 1080. The molecule has 1 heterocycles. The lowest BCUT2D eigenvalue weighted by Gasteiger charge is -2.17. The van der Waals surface area contributed by atoms with Crippen LogP contribution in [0.5, 0.6) is 5.88 Å². The maximum Gasteiger partial charge on any atom is 0.511 e. The summed E-state index contributed by atoms with van der Waals surface area (Å²) in [7, 11) is -1.92. The van der Waals surface area contributed by atoms with Gasteiger partial charge in [0.25, 0.3) is 0 Å². The van der Waals surface area contributed by atoms with Gasteiger partial charge in [-0.25, -0.2) is 17.9 Å². The zero-order valence-electron chi connectivity index (χ0n) is 17.4. The second kappa shape index (κ2) is 9.05. The number of aromatic nitrogens is 2. The van der Waals surface area contributed by atoms with E-state index in [2.05, 4.69) is 5.10 Å². The molecule has 0 aliphatic heterocycles. The van der Waals surface area contributed by atoms with Crippen LogP contribution in [0, 0.1) is 6.92 Å². The molecule has 0 aliphatic carbocycles. The number of hydrogen-bond donors (Lipinski definition) is 0. The monoisotopic (exact) mass is 458 g/mol. The van der Waals surface area contributed by atoms with Gasteiger partial charge < -0.3 is 14.2 Å². The molecule has 9 nitrogen and oxygen atoms in total. The van der Waals surface area contributed by atoms with Gasteiger partial charge in [-0.15, -0.1) is 0 Å². The molecule has 0 saturated heterocycles. The number of halogens is 1. The molecule has 164 valence electrons. The Morgan fingerprint density at radius 1 is 1.17 bits per heavy atom. The SMILES string of the molecule is Cc1nn(C)c(OC(C)OC(=O)OC(C)C)c1C(=O)c1ccc(S(C)(=O)=O)cc1Cl. The van der Waals surface area contributed by atoms with Crippen molar-refractivity contribution in [3.63, 3.8) is 0 Å². The number of carbonyl (C=O) groups is 2. The minimum Gasteiger partial charge on any atom is -0.437 e. The maximum atomic E-state index is 13.1. The minimum atomic E-state index is -3.48. The van der Waals surface area contributed by atoms with Gasteiger partial charge in [0.1, 0.15) is 5.56 Å². The third-order valence-corrected chi connectivity index (χ3v) is 5.30. The number of carbonyl (C=O) groups excluding carboxylic acids is 2. The van der Waals surface area contributed by atoms with Crippen molar-refractivity contribution in [2.24, 2.45) is 7.05 Å². The molecule has 1 atom stereocenters. The molecule has 0 amide bonds. The van der Waals surface area contributed by atoms with E-state index in [1.807, 2.05) is 0 Å². The molecule has 0 saturated carbocycles. The molecule has 0 aliphatic rings. The summed E-state index contributed by atoms with van der Waals surface area (Å²) in [6, 6.07) is 3.84. The molecule has 30 heavy (non-hydrogen) atoms.